The van der Waals surface area contributed by atoms with Crippen LogP contribution in [0, 0.1) is 11.3 Å². The van der Waals surface area contributed by atoms with Crippen molar-refractivity contribution in [3.05, 3.63) is 59.7 Å². The molecule has 5 nitrogen and oxygen atoms in total. The van der Waals surface area contributed by atoms with Crippen LogP contribution < -0.4 is 15.5 Å². The molecule has 0 saturated carbocycles. The van der Waals surface area contributed by atoms with Gasteiger partial charge in [-0.3, -0.25) is 4.79 Å². The topological polar surface area (TPSA) is 68.2 Å². The number of para-hydroxylation sites is 1. The van der Waals surface area contributed by atoms with Crippen LogP contribution in [-0.4, -0.2) is 32.1 Å². The number of carbonyl (C=O) groups is 1. The van der Waals surface area contributed by atoms with Gasteiger partial charge in [0.25, 0.3) is 5.91 Å². The standard InChI is InChI=1S/C18H18N4O/c19-13-15-4-1-2-7-17(15)21-18(23)14-5-3-6-16(12-14)22-10-8-20-9-11-22/h1-7,12,20H,8-11H2,(H,21,23). The van der Waals surface area contributed by atoms with E-state index in [1.807, 2.05) is 18.2 Å². The number of hydrogen-bond donors (Lipinski definition) is 2. The Morgan fingerprint density at radius 2 is 1.91 bits per heavy atom. The predicted octanol–water partition coefficient (Wildman–Crippen LogP) is 2.22. The van der Waals surface area contributed by atoms with E-state index in [1.165, 1.54) is 0 Å². The van der Waals surface area contributed by atoms with Gasteiger partial charge in [-0.05, 0) is 30.3 Å². The molecule has 2 aromatic rings. The van der Waals surface area contributed by atoms with Crippen molar-refractivity contribution in [2.75, 3.05) is 36.4 Å². The Hall–Kier alpha value is -2.84. The molecule has 0 bridgehead atoms. The molecule has 1 fully saturated rings. The van der Waals surface area contributed by atoms with E-state index in [9.17, 15) is 4.79 Å². The monoisotopic (exact) mass is 306 g/mol. The first-order valence-corrected chi connectivity index (χ1v) is 7.64. The van der Waals surface area contributed by atoms with E-state index in [4.69, 9.17) is 5.26 Å². The van der Waals surface area contributed by atoms with Crippen molar-refractivity contribution in [2.45, 2.75) is 0 Å². The van der Waals surface area contributed by atoms with Crippen LogP contribution in [-0.2, 0) is 0 Å². The fourth-order valence-electron chi connectivity index (χ4n) is 2.65. The molecular formula is C18H18N4O. The van der Waals surface area contributed by atoms with Crippen LogP contribution in [0.4, 0.5) is 11.4 Å². The number of rotatable bonds is 3. The molecule has 1 amide bonds. The highest BCUT2D eigenvalue weighted by Gasteiger charge is 2.13. The molecular weight excluding hydrogens is 288 g/mol. The Morgan fingerprint density at radius 1 is 1.13 bits per heavy atom. The smallest absolute Gasteiger partial charge is 0.255 e. The number of nitrogens with zero attached hydrogens (tertiary/aromatic N) is 2. The normalized spacial score (nSPS) is 14.1. The quantitative estimate of drug-likeness (QED) is 0.912. The van der Waals surface area contributed by atoms with Crippen molar-refractivity contribution in [3.8, 4) is 6.07 Å². The van der Waals surface area contributed by atoms with E-state index in [1.54, 1.807) is 30.3 Å². The van der Waals surface area contributed by atoms with E-state index < -0.39 is 0 Å². The van der Waals surface area contributed by atoms with Gasteiger partial charge in [0.1, 0.15) is 6.07 Å². The van der Waals surface area contributed by atoms with E-state index in [2.05, 4.69) is 21.6 Å². The summed E-state index contributed by atoms with van der Waals surface area (Å²) in [6, 6.07) is 16.7. The van der Waals surface area contributed by atoms with Gasteiger partial charge < -0.3 is 15.5 Å². The summed E-state index contributed by atoms with van der Waals surface area (Å²) in [6.07, 6.45) is 0. The van der Waals surface area contributed by atoms with Crippen LogP contribution in [0.1, 0.15) is 15.9 Å². The maximum atomic E-state index is 12.5. The summed E-state index contributed by atoms with van der Waals surface area (Å²) in [6.45, 7) is 3.77. The average Bonchev–Trinajstić information content (AvgIpc) is 2.63. The lowest BCUT2D eigenvalue weighted by Crippen LogP contribution is -2.43. The fourth-order valence-corrected chi connectivity index (χ4v) is 2.65. The minimum atomic E-state index is -0.204. The van der Waals surface area contributed by atoms with Crippen LogP contribution >= 0.6 is 0 Å². The minimum absolute atomic E-state index is 0.204. The molecule has 0 aliphatic carbocycles. The second-order valence-corrected chi connectivity index (χ2v) is 5.40. The lowest BCUT2D eigenvalue weighted by molar-refractivity contribution is 0.102. The maximum Gasteiger partial charge on any atom is 0.255 e. The lowest BCUT2D eigenvalue weighted by Gasteiger charge is -2.29. The average molecular weight is 306 g/mol. The number of hydrogen-bond acceptors (Lipinski definition) is 4. The van der Waals surface area contributed by atoms with Gasteiger partial charge in [-0.1, -0.05) is 18.2 Å². The third-order valence-corrected chi connectivity index (χ3v) is 3.89. The zero-order valence-electron chi connectivity index (χ0n) is 12.7. The first-order valence-electron chi connectivity index (χ1n) is 7.64. The molecule has 0 spiro atoms. The molecule has 0 radical (unpaired) electrons. The summed E-state index contributed by atoms with van der Waals surface area (Å²) in [5.41, 5.74) is 2.63. The summed E-state index contributed by atoms with van der Waals surface area (Å²) in [7, 11) is 0. The molecule has 2 N–H and O–H groups in total. The number of piperazine rings is 1. The van der Waals surface area contributed by atoms with E-state index in [0.29, 0.717) is 16.8 Å². The Morgan fingerprint density at radius 3 is 2.70 bits per heavy atom. The second-order valence-electron chi connectivity index (χ2n) is 5.40. The summed E-state index contributed by atoms with van der Waals surface area (Å²) in [5, 5.41) is 15.2. The Kier molecular flexibility index (Phi) is 4.55. The van der Waals surface area contributed by atoms with Crippen LogP contribution in [0.2, 0.25) is 0 Å². The van der Waals surface area contributed by atoms with Gasteiger partial charge in [-0.15, -0.1) is 0 Å². The van der Waals surface area contributed by atoms with Crippen molar-refractivity contribution in [1.82, 2.24) is 5.32 Å². The van der Waals surface area contributed by atoms with Crippen LogP contribution in [0.5, 0.6) is 0 Å². The van der Waals surface area contributed by atoms with Gasteiger partial charge in [0, 0.05) is 37.4 Å². The third kappa shape index (κ3) is 3.50. The van der Waals surface area contributed by atoms with Crippen LogP contribution in [0.3, 0.4) is 0 Å². The lowest BCUT2D eigenvalue weighted by atomic mass is 10.1. The van der Waals surface area contributed by atoms with E-state index >= 15 is 0 Å². The van der Waals surface area contributed by atoms with Gasteiger partial charge in [-0.2, -0.15) is 5.26 Å². The highest BCUT2D eigenvalue weighted by Crippen LogP contribution is 2.19. The number of nitrogens with one attached hydrogen (secondary N) is 2. The molecule has 0 atom stereocenters. The zero-order chi connectivity index (χ0) is 16.1. The predicted molar refractivity (Wildman–Crippen MR) is 90.6 cm³/mol. The van der Waals surface area contributed by atoms with E-state index in [-0.39, 0.29) is 5.91 Å². The fraction of sp³-hybridized carbons (Fsp3) is 0.222. The van der Waals surface area contributed by atoms with Crippen LogP contribution in [0.15, 0.2) is 48.5 Å². The molecule has 1 aliphatic heterocycles. The Bertz CT molecular complexity index is 745. The molecule has 5 heteroatoms. The number of anilines is 2. The molecule has 116 valence electrons. The molecule has 2 aromatic carbocycles. The highest BCUT2D eigenvalue weighted by atomic mass is 16.1. The summed E-state index contributed by atoms with van der Waals surface area (Å²) < 4.78 is 0. The largest absolute Gasteiger partial charge is 0.369 e. The summed E-state index contributed by atoms with van der Waals surface area (Å²) in [4.78, 5) is 14.7. The minimum Gasteiger partial charge on any atom is -0.369 e. The molecule has 1 saturated heterocycles. The molecule has 3 rings (SSSR count). The zero-order valence-corrected chi connectivity index (χ0v) is 12.7. The number of amides is 1. The van der Waals surface area contributed by atoms with Gasteiger partial charge in [0.05, 0.1) is 11.3 Å². The Labute approximate surface area is 135 Å². The van der Waals surface area contributed by atoms with Gasteiger partial charge in [-0.25, -0.2) is 0 Å². The molecule has 0 unspecified atom stereocenters. The Balaban J connectivity index is 1.78. The molecule has 0 aromatic heterocycles. The van der Waals surface area contributed by atoms with Crippen molar-refractivity contribution in [1.29, 1.82) is 5.26 Å². The van der Waals surface area contributed by atoms with Crippen molar-refractivity contribution >= 4 is 17.3 Å². The first-order chi connectivity index (χ1) is 11.3. The summed E-state index contributed by atoms with van der Waals surface area (Å²) >= 11 is 0. The van der Waals surface area contributed by atoms with Gasteiger partial charge in [0.15, 0.2) is 0 Å². The highest BCUT2D eigenvalue weighted by molar-refractivity contribution is 6.05. The molecule has 1 heterocycles. The molecule has 1 aliphatic rings. The van der Waals surface area contributed by atoms with Crippen LogP contribution in [0.25, 0.3) is 0 Å². The van der Waals surface area contributed by atoms with Gasteiger partial charge in [0.2, 0.25) is 0 Å². The van der Waals surface area contributed by atoms with Crippen molar-refractivity contribution < 1.29 is 4.79 Å². The van der Waals surface area contributed by atoms with Gasteiger partial charge >= 0.3 is 0 Å². The van der Waals surface area contributed by atoms with Crippen molar-refractivity contribution in [3.63, 3.8) is 0 Å². The summed E-state index contributed by atoms with van der Waals surface area (Å²) in [5.74, 6) is -0.204. The molecule has 23 heavy (non-hydrogen) atoms. The maximum absolute atomic E-state index is 12.5. The SMILES string of the molecule is N#Cc1ccccc1NC(=O)c1cccc(N2CCNCC2)c1. The van der Waals surface area contributed by atoms with E-state index in [0.717, 1.165) is 31.9 Å². The van der Waals surface area contributed by atoms with Crippen molar-refractivity contribution in [2.24, 2.45) is 0 Å². The second kappa shape index (κ2) is 6.95. The third-order valence-electron chi connectivity index (χ3n) is 3.89. The number of carbonyl (C=O) groups excluding carboxylic acids is 1. The first kappa shape index (κ1) is 15.1. The number of benzene rings is 2. The number of nitriles is 1.